The Kier molecular flexibility index (Phi) is 6.09. The van der Waals surface area contributed by atoms with Crippen molar-refractivity contribution < 1.29 is 9.05 Å². The summed E-state index contributed by atoms with van der Waals surface area (Å²) in [5.41, 5.74) is 0. The van der Waals surface area contributed by atoms with Gasteiger partial charge < -0.3 is 0 Å². The molecule has 0 radical (unpaired) electrons. The number of unbranched alkanes of at least 4 members (excludes halogenated alkanes) is 1. The second kappa shape index (κ2) is 8.69. The van der Waals surface area contributed by atoms with Crippen molar-refractivity contribution >= 4 is 13.0 Å². The van der Waals surface area contributed by atoms with E-state index in [-0.39, 0.29) is 0 Å². The number of hydrogen-bond acceptors (Lipinski definition) is 2. The molecule has 0 aliphatic carbocycles. The Balaban J connectivity index is 2.02. The average Bonchev–Trinajstić information content (AvgIpc) is 2.68. The van der Waals surface area contributed by atoms with Crippen LogP contribution in [0.5, 0.6) is 11.5 Å². The summed E-state index contributed by atoms with van der Waals surface area (Å²) in [6, 6.07) is 30.5. The molecule has 0 spiro atoms. The molecule has 0 amide bonds. The van der Waals surface area contributed by atoms with Crippen molar-refractivity contribution in [2.24, 2.45) is 0 Å². The zero-order valence-corrected chi connectivity index (χ0v) is 15.6. The van der Waals surface area contributed by atoms with E-state index in [9.17, 15) is 0 Å². The Morgan fingerprint density at radius 2 is 1.08 bits per heavy atom. The summed E-state index contributed by atoms with van der Waals surface area (Å²) in [4.78, 5) is 0. The topological polar surface area (TPSA) is 18.5 Å². The molecular formula is C22H25O2P. The Bertz CT molecular complexity index is 703. The van der Waals surface area contributed by atoms with E-state index in [0.717, 1.165) is 35.8 Å². The Labute approximate surface area is 150 Å². The van der Waals surface area contributed by atoms with Crippen molar-refractivity contribution in [2.45, 2.75) is 19.8 Å². The standard InChI is InChI=1S/C22H25O2P/c1-2-3-19-25(22-17-11-6-12-18-22,23-20-13-7-4-8-14-20)24-21-15-9-5-10-16-21/h4-18,25H,2-3,19H2,1H3. The van der Waals surface area contributed by atoms with Crippen molar-refractivity contribution in [1.29, 1.82) is 0 Å². The first-order chi connectivity index (χ1) is 12.3. The van der Waals surface area contributed by atoms with Crippen molar-refractivity contribution in [3.05, 3.63) is 91.0 Å². The van der Waals surface area contributed by atoms with Gasteiger partial charge in [0.25, 0.3) is 0 Å². The molecule has 0 unspecified atom stereocenters. The Hall–Kier alpha value is -2.31. The van der Waals surface area contributed by atoms with Crippen LogP contribution in [0, 0.1) is 0 Å². The third kappa shape index (κ3) is 4.61. The number of hydrogen-bond donors (Lipinski definition) is 0. The third-order valence-corrected chi connectivity index (χ3v) is 7.48. The summed E-state index contributed by atoms with van der Waals surface area (Å²) < 4.78 is 13.2. The Morgan fingerprint density at radius 1 is 0.640 bits per heavy atom. The van der Waals surface area contributed by atoms with Gasteiger partial charge in [-0.05, 0) is 0 Å². The molecule has 0 atom stereocenters. The van der Waals surface area contributed by atoms with Gasteiger partial charge >= 0.3 is 150 Å². The molecule has 25 heavy (non-hydrogen) atoms. The van der Waals surface area contributed by atoms with E-state index in [2.05, 4.69) is 31.2 Å². The molecule has 2 nitrogen and oxygen atoms in total. The zero-order valence-electron chi connectivity index (χ0n) is 14.6. The molecule has 3 aromatic carbocycles. The molecule has 3 heteroatoms. The van der Waals surface area contributed by atoms with E-state index in [4.69, 9.17) is 9.05 Å². The van der Waals surface area contributed by atoms with Gasteiger partial charge in [-0.2, -0.15) is 0 Å². The quantitative estimate of drug-likeness (QED) is 0.474. The van der Waals surface area contributed by atoms with Crippen LogP contribution in [-0.2, 0) is 0 Å². The summed E-state index contributed by atoms with van der Waals surface area (Å²) in [7, 11) is -2.67. The van der Waals surface area contributed by atoms with Crippen LogP contribution in [0.2, 0.25) is 0 Å². The molecule has 0 heterocycles. The molecule has 0 N–H and O–H groups in total. The van der Waals surface area contributed by atoms with Gasteiger partial charge in [-0.1, -0.05) is 0 Å². The predicted octanol–water partition coefficient (Wildman–Crippen LogP) is 5.85. The van der Waals surface area contributed by atoms with Gasteiger partial charge in [0.15, 0.2) is 0 Å². The SMILES string of the molecule is CCCC[PH](Oc1ccccc1)(Oc1ccccc1)c1ccccc1. The summed E-state index contributed by atoms with van der Waals surface area (Å²) in [5, 5.41) is 1.16. The molecule has 0 fully saturated rings. The van der Waals surface area contributed by atoms with Gasteiger partial charge in [-0.25, -0.2) is 0 Å². The van der Waals surface area contributed by atoms with Crippen LogP contribution in [0.1, 0.15) is 19.8 Å². The predicted molar refractivity (Wildman–Crippen MR) is 108 cm³/mol. The average molecular weight is 352 g/mol. The van der Waals surface area contributed by atoms with Crippen molar-refractivity contribution in [2.75, 3.05) is 6.16 Å². The van der Waals surface area contributed by atoms with Gasteiger partial charge in [0, 0.05) is 0 Å². The van der Waals surface area contributed by atoms with E-state index in [1.54, 1.807) is 0 Å². The van der Waals surface area contributed by atoms with Gasteiger partial charge in [0.1, 0.15) is 0 Å². The number of para-hydroxylation sites is 2. The maximum atomic E-state index is 6.61. The van der Waals surface area contributed by atoms with Crippen LogP contribution < -0.4 is 14.4 Å². The molecule has 0 bridgehead atoms. The molecule has 0 saturated carbocycles. The van der Waals surface area contributed by atoms with Gasteiger partial charge in [-0.3, -0.25) is 0 Å². The third-order valence-electron chi connectivity index (χ3n) is 4.12. The van der Waals surface area contributed by atoms with Crippen molar-refractivity contribution in [3.63, 3.8) is 0 Å². The molecule has 3 aromatic rings. The number of rotatable bonds is 8. The number of benzene rings is 3. The van der Waals surface area contributed by atoms with Crippen LogP contribution in [0.3, 0.4) is 0 Å². The van der Waals surface area contributed by atoms with Gasteiger partial charge in [-0.15, -0.1) is 0 Å². The van der Waals surface area contributed by atoms with Crippen molar-refractivity contribution in [1.82, 2.24) is 0 Å². The second-order valence-electron chi connectivity index (χ2n) is 6.05. The molecule has 0 saturated heterocycles. The second-order valence-corrected chi connectivity index (χ2v) is 9.04. The van der Waals surface area contributed by atoms with Crippen LogP contribution in [0.4, 0.5) is 0 Å². The summed E-state index contributed by atoms with van der Waals surface area (Å²) in [6.07, 6.45) is 3.09. The summed E-state index contributed by atoms with van der Waals surface area (Å²) in [5.74, 6) is 1.73. The van der Waals surface area contributed by atoms with Crippen LogP contribution in [0.15, 0.2) is 91.0 Å². The fourth-order valence-electron chi connectivity index (χ4n) is 2.84. The van der Waals surface area contributed by atoms with E-state index in [0.29, 0.717) is 0 Å². The summed E-state index contributed by atoms with van der Waals surface area (Å²) >= 11 is 0. The minimum atomic E-state index is -2.67. The normalized spacial score (nSPS) is 11.7. The monoisotopic (exact) mass is 352 g/mol. The van der Waals surface area contributed by atoms with E-state index in [1.807, 2.05) is 66.7 Å². The fourth-order valence-corrected chi connectivity index (χ4v) is 6.17. The zero-order chi connectivity index (χ0) is 17.4. The van der Waals surface area contributed by atoms with Crippen LogP contribution >= 0.6 is 7.72 Å². The molecule has 0 aromatic heterocycles. The maximum absolute atomic E-state index is 6.61. The van der Waals surface area contributed by atoms with E-state index in [1.165, 1.54) is 0 Å². The molecule has 0 aliphatic rings. The van der Waals surface area contributed by atoms with E-state index < -0.39 is 7.72 Å². The van der Waals surface area contributed by atoms with Gasteiger partial charge in [0.2, 0.25) is 0 Å². The van der Waals surface area contributed by atoms with Crippen molar-refractivity contribution in [3.8, 4) is 11.5 Å². The molecular weight excluding hydrogens is 327 g/mol. The Morgan fingerprint density at radius 3 is 1.52 bits per heavy atom. The molecule has 130 valence electrons. The summed E-state index contributed by atoms with van der Waals surface area (Å²) in [6.45, 7) is 2.20. The van der Waals surface area contributed by atoms with Crippen LogP contribution in [0.25, 0.3) is 0 Å². The molecule has 0 aliphatic heterocycles. The molecule has 3 rings (SSSR count). The first kappa shape index (κ1) is 17.5. The first-order valence-corrected chi connectivity index (χ1v) is 10.9. The van der Waals surface area contributed by atoms with Gasteiger partial charge in [0.05, 0.1) is 0 Å². The first-order valence-electron chi connectivity index (χ1n) is 8.86. The van der Waals surface area contributed by atoms with Crippen LogP contribution in [-0.4, -0.2) is 6.16 Å². The van der Waals surface area contributed by atoms with E-state index >= 15 is 0 Å². The fraction of sp³-hybridized carbons (Fsp3) is 0.182. The minimum absolute atomic E-state index is 0.866.